The molecule has 5 atom stereocenters. The minimum Gasteiger partial charge on any atom is -0.462 e. The topological polar surface area (TPSA) is 81.7 Å². The molecule has 1 N–H and O–H groups in total. The molecule has 6 nitrogen and oxygen atoms in total. The lowest BCUT2D eigenvalue weighted by Gasteiger charge is -2.22. The van der Waals surface area contributed by atoms with E-state index in [9.17, 15) is 14.4 Å². The first-order chi connectivity index (χ1) is 11.9. The monoisotopic (exact) mass is 407 g/mol. The number of fused-ring (bicyclic) bond motifs is 1. The summed E-state index contributed by atoms with van der Waals surface area (Å²) in [5.74, 6) is -1.70. The fourth-order valence-corrected chi connectivity index (χ4v) is 4.99. The standard InChI is InChI=1S/C18H18BrNO5/c1-8-4-10(19)2-3-12(8)20-14(21)7-24-17(22)15-9-5-11-13(6-9)25-18(23)16(11)15/h2-4,9,11,13,15-16H,5-7H2,1H3,(H,20,21)/t9-,11+,13-,15+,16+/m1/s1. The van der Waals surface area contributed by atoms with Crippen LogP contribution in [0, 0.1) is 30.6 Å². The van der Waals surface area contributed by atoms with Crippen LogP contribution in [0.1, 0.15) is 18.4 Å². The van der Waals surface area contributed by atoms with E-state index in [1.807, 2.05) is 19.1 Å². The zero-order valence-electron chi connectivity index (χ0n) is 13.7. The Morgan fingerprint density at radius 2 is 2.16 bits per heavy atom. The maximum atomic E-state index is 12.4. The molecule has 25 heavy (non-hydrogen) atoms. The van der Waals surface area contributed by atoms with Gasteiger partial charge in [-0.3, -0.25) is 14.4 Å². The summed E-state index contributed by atoms with van der Waals surface area (Å²) in [5.41, 5.74) is 1.58. The second kappa shape index (κ2) is 6.12. The van der Waals surface area contributed by atoms with E-state index < -0.39 is 17.8 Å². The number of halogens is 1. The molecule has 1 aromatic carbocycles. The minimum absolute atomic E-state index is 0.0183. The van der Waals surface area contributed by atoms with Gasteiger partial charge in [-0.1, -0.05) is 15.9 Å². The van der Waals surface area contributed by atoms with Crippen LogP contribution in [0.3, 0.4) is 0 Å². The molecule has 0 aromatic heterocycles. The van der Waals surface area contributed by atoms with Crippen LogP contribution < -0.4 is 5.32 Å². The number of rotatable bonds is 4. The van der Waals surface area contributed by atoms with Crippen molar-refractivity contribution in [3.8, 4) is 0 Å². The van der Waals surface area contributed by atoms with Gasteiger partial charge in [0.2, 0.25) is 0 Å². The summed E-state index contributed by atoms with van der Waals surface area (Å²) >= 11 is 3.37. The van der Waals surface area contributed by atoms with E-state index in [2.05, 4.69) is 21.2 Å². The predicted octanol–water partition coefficient (Wildman–Crippen LogP) is 2.44. The van der Waals surface area contributed by atoms with Gasteiger partial charge in [-0.25, -0.2) is 0 Å². The van der Waals surface area contributed by atoms with Gasteiger partial charge in [0.15, 0.2) is 6.61 Å². The van der Waals surface area contributed by atoms with Crippen molar-refractivity contribution in [2.75, 3.05) is 11.9 Å². The molecule has 1 aromatic rings. The highest BCUT2D eigenvalue weighted by atomic mass is 79.9. The molecule has 2 bridgehead atoms. The van der Waals surface area contributed by atoms with Crippen LogP contribution in [0.4, 0.5) is 5.69 Å². The molecule has 0 spiro atoms. The summed E-state index contributed by atoms with van der Waals surface area (Å²) in [6.07, 6.45) is 1.55. The van der Waals surface area contributed by atoms with Crippen molar-refractivity contribution in [3.05, 3.63) is 28.2 Å². The minimum atomic E-state index is -0.461. The average molecular weight is 408 g/mol. The first-order valence-electron chi connectivity index (χ1n) is 8.37. The number of benzene rings is 1. The highest BCUT2D eigenvalue weighted by Crippen LogP contribution is 2.57. The molecule has 0 radical (unpaired) electrons. The molecule has 4 rings (SSSR count). The third-order valence-electron chi connectivity index (χ3n) is 5.56. The molecule has 1 amide bonds. The fourth-order valence-electron chi connectivity index (χ4n) is 4.51. The number of aryl methyl sites for hydroxylation is 1. The SMILES string of the molecule is Cc1cc(Br)ccc1NC(=O)COC(=O)[C@H]1[C@@H]2C[C@@H]3[C@@H]1C(=O)O[C@@H]3C2. The van der Waals surface area contributed by atoms with Crippen molar-refractivity contribution in [2.24, 2.45) is 23.7 Å². The van der Waals surface area contributed by atoms with Gasteiger partial charge in [0.25, 0.3) is 5.91 Å². The fraction of sp³-hybridized carbons (Fsp3) is 0.500. The van der Waals surface area contributed by atoms with Crippen LogP contribution in [-0.2, 0) is 23.9 Å². The van der Waals surface area contributed by atoms with Gasteiger partial charge in [0.1, 0.15) is 6.10 Å². The number of amides is 1. The molecule has 132 valence electrons. The Morgan fingerprint density at radius 3 is 2.92 bits per heavy atom. The maximum absolute atomic E-state index is 12.4. The van der Waals surface area contributed by atoms with E-state index in [0.29, 0.717) is 5.69 Å². The van der Waals surface area contributed by atoms with Crippen molar-refractivity contribution < 1.29 is 23.9 Å². The number of ether oxygens (including phenoxy) is 2. The van der Waals surface area contributed by atoms with Crippen LogP contribution in [0.25, 0.3) is 0 Å². The van der Waals surface area contributed by atoms with E-state index in [0.717, 1.165) is 22.9 Å². The highest BCUT2D eigenvalue weighted by Gasteiger charge is 2.64. The van der Waals surface area contributed by atoms with Gasteiger partial charge < -0.3 is 14.8 Å². The van der Waals surface area contributed by atoms with Crippen LogP contribution in [0.2, 0.25) is 0 Å². The molecule has 2 saturated carbocycles. The largest absolute Gasteiger partial charge is 0.462 e. The zero-order chi connectivity index (χ0) is 17.7. The van der Waals surface area contributed by atoms with Gasteiger partial charge in [-0.15, -0.1) is 0 Å². The lowest BCUT2D eigenvalue weighted by Crippen LogP contribution is -2.35. The molecule has 7 heteroatoms. The third-order valence-corrected chi connectivity index (χ3v) is 6.06. The summed E-state index contributed by atoms with van der Waals surface area (Å²) < 4.78 is 11.4. The van der Waals surface area contributed by atoms with E-state index in [1.165, 1.54) is 0 Å². The molecule has 3 aliphatic rings. The molecule has 1 saturated heterocycles. The summed E-state index contributed by atoms with van der Waals surface area (Å²) in [4.78, 5) is 36.4. The number of hydrogen-bond acceptors (Lipinski definition) is 5. The second-order valence-electron chi connectivity index (χ2n) is 7.04. The molecule has 0 unspecified atom stereocenters. The Hall–Kier alpha value is -1.89. The van der Waals surface area contributed by atoms with Crippen LogP contribution in [0.15, 0.2) is 22.7 Å². The second-order valence-corrected chi connectivity index (χ2v) is 7.95. The van der Waals surface area contributed by atoms with Crippen molar-refractivity contribution >= 4 is 39.5 Å². The van der Waals surface area contributed by atoms with Crippen molar-refractivity contribution in [1.29, 1.82) is 0 Å². The predicted molar refractivity (Wildman–Crippen MR) is 91.5 cm³/mol. The first-order valence-corrected chi connectivity index (χ1v) is 9.16. The Bertz CT molecular complexity index is 762. The Labute approximate surface area is 153 Å². The Kier molecular flexibility index (Phi) is 4.06. The molecular formula is C18H18BrNO5. The summed E-state index contributed by atoms with van der Waals surface area (Å²) in [7, 11) is 0. The van der Waals surface area contributed by atoms with Crippen LogP contribution >= 0.6 is 15.9 Å². The summed E-state index contributed by atoms with van der Waals surface area (Å²) in [6, 6.07) is 5.49. The van der Waals surface area contributed by atoms with E-state index in [-0.39, 0.29) is 36.4 Å². The molecule has 2 aliphatic carbocycles. The normalized spacial score (nSPS) is 31.8. The van der Waals surface area contributed by atoms with Crippen molar-refractivity contribution in [1.82, 2.24) is 0 Å². The van der Waals surface area contributed by atoms with Gasteiger partial charge >= 0.3 is 11.9 Å². The van der Waals surface area contributed by atoms with Gasteiger partial charge in [-0.05, 0) is 49.4 Å². The molecule has 3 fully saturated rings. The number of nitrogens with one attached hydrogen (secondary N) is 1. The van der Waals surface area contributed by atoms with E-state index in [4.69, 9.17) is 9.47 Å². The number of hydrogen-bond donors (Lipinski definition) is 1. The summed E-state index contributed by atoms with van der Waals surface area (Å²) in [6.45, 7) is 1.52. The maximum Gasteiger partial charge on any atom is 0.310 e. The quantitative estimate of drug-likeness (QED) is 0.775. The first kappa shape index (κ1) is 16.6. The molecule has 1 aliphatic heterocycles. The van der Waals surface area contributed by atoms with Crippen molar-refractivity contribution in [3.63, 3.8) is 0 Å². The number of carbonyl (C=O) groups excluding carboxylic acids is 3. The van der Waals surface area contributed by atoms with E-state index in [1.54, 1.807) is 6.07 Å². The Morgan fingerprint density at radius 1 is 1.36 bits per heavy atom. The lowest BCUT2D eigenvalue weighted by molar-refractivity contribution is -0.157. The molecule has 1 heterocycles. The van der Waals surface area contributed by atoms with Gasteiger partial charge in [0, 0.05) is 16.1 Å². The van der Waals surface area contributed by atoms with Crippen LogP contribution in [-0.4, -0.2) is 30.6 Å². The average Bonchev–Trinajstić information content (AvgIpc) is 3.17. The third kappa shape index (κ3) is 2.84. The number of carbonyl (C=O) groups is 3. The Balaban J connectivity index is 1.34. The van der Waals surface area contributed by atoms with E-state index >= 15 is 0 Å². The number of esters is 2. The smallest absolute Gasteiger partial charge is 0.310 e. The van der Waals surface area contributed by atoms with Gasteiger partial charge in [-0.2, -0.15) is 0 Å². The molecular weight excluding hydrogens is 390 g/mol. The van der Waals surface area contributed by atoms with Crippen molar-refractivity contribution in [2.45, 2.75) is 25.9 Å². The zero-order valence-corrected chi connectivity index (χ0v) is 15.2. The lowest BCUT2D eigenvalue weighted by atomic mass is 9.80. The summed E-state index contributed by atoms with van der Waals surface area (Å²) in [5, 5.41) is 2.73. The highest BCUT2D eigenvalue weighted by molar-refractivity contribution is 9.10. The van der Waals surface area contributed by atoms with Crippen LogP contribution in [0.5, 0.6) is 0 Å². The number of anilines is 1. The van der Waals surface area contributed by atoms with Gasteiger partial charge in [0.05, 0.1) is 11.8 Å².